The standard InChI is InChI=1S/C15H22O2/c1-13(7-6-8-14(2)16)11-17-12-15-9-4-3-5-10-15/h3-5,9-10,13H,6-8,11-12H2,1-2H3. The summed E-state index contributed by atoms with van der Waals surface area (Å²) in [4.78, 5) is 10.8. The summed E-state index contributed by atoms with van der Waals surface area (Å²) in [5.41, 5.74) is 1.21. The lowest BCUT2D eigenvalue weighted by molar-refractivity contribution is -0.117. The van der Waals surface area contributed by atoms with Gasteiger partial charge in [-0.05, 0) is 31.2 Å². The fourth-order valence-electron chi connectivity index (χ4n) is 1.73. The van der Waals surface area contributed by atoms with Gasteiger partial charge in [-0.3, -0.25) is 0 Å². The third-order valence-electron chi connectivity index (χ3n) is 2.74. The molecule has 2 heteroatoms. The molecule has 0 aliphatic rings. The van der Waals surface area contributed by atoms with Crippen LogP contribution in [-0.4, -0.2) is 12.4 Å². The lowest BCUT2D eigenvalue weighted by atomic mass is 10.0. The van der Waals surface area contributed by atoms with Crippen molar-refractivity contribution >= 4 is 5.78 Å². The molecule has 0 spiro atoms. The summed E-state index contributed by atoms with van der Waals surface area (Å²) in [5, 5.41) is 0. The Morgan fingerprint density at radius 2 is 2.00 bits per heavy atom. The van der Waals surface area contributed by atoms with E-state index in [-0.39, 0.29) is 5.78 Å². The van der Waals surface area contributed by atoms with Crippen molar-refractivity contribution in [2.45, 2.75) is 39.7 Å². The van der Waals surface area contributed by atoms with Crippen molar-refractivity contribution in [2.75, 3.05) is 6.61 Å². The summed E-state index contributed by atoms with van der Waals surface area (Å²) >= 11 is 0. The van der Waals surface area contributed by atoms with E-state index in [1.807, 2.05) is 18.2 Å². The van der Waals surface area contributed by atoms with Crippen LogP contribution in [0.15, 0.2) is 30.3 Å². The fraction of sp³-hybridized carbons (Fsp3) is 0.533. The molecule has 17 heavy (non-hydrogen) atoms. The van der Waals surface area contributed by atoms with Gasteiger partial charge in [-0.25, -0.2) is 0 Å². The van der Waals surface area contributed by atoms with Gasteiger partial charge in [0.15, 0.2) is 0 Å². The molecule has 1 aromatic carbocycles. The average Bonchev–Trinajstić information content (AvgIpc) is 2.30. The Balaban J connectivity index is 2.08. The van der Waals surface area contributed by atoms with Crippen molar-refractivity contribution in [3.05, 3.63) is 35.9 Å². The molecule has 1 aromatic rings. The quantitative estimate of drug-likeness (QED) is 0.687. The van der Waals surface area contributed by atoms with Gasteiger partial charge in [-0.2, -0.15) is 0 Å². The Labute approximate surface area is 104 Å². The first-order chi connectivity index (χ1) is 8.18. The highest BCUT2D eigenvalue weighted by molar-refractivity contribution is 5.75. The number of carbonyl (C=O) groups is 1. The van der Waals surface area contributed by atoms with Gasteiger partial charge in [-0.15, -0.1) is 0 Å². The number of rotatable bonds is 8. The molecule has 2 nitrogen and oxygen atoms in total. The third kappa shape index (κ3) is 6.90. The van der Waals surface area contributed by atoms with Gasteiger partial charge in [0.1, 0.15) is 5.78 Å². The highest BCUT2D eigenvalue weighted by Crippen LogP contribution is 2.10. The molecule has 1 unspecified atom stereocenters. The number of carbonyl (C=O) groups excluding carboxylic acids is 1. The van der Waals surface area contributed by atoms with Crippen LogP contribution in [0.25, 0.3) is 0 Å². The average molecular weight is 234 g/mol. The Morgan fingerprint density at radius 1 is 1.29 bits per heavy atom. The fourth-order valence-corrected chi connectivity index (χ4v) is 1.73. The van der Waals surface area contributed by atoms with Crippen LogP contribution in [0, 0.1) is 5.92 Å². The maximum Gasteiger partial charge on any atom is 0.129 e. The molecule has 1 atom stereocenters. The van der Waals surface area contributed by atoms with E-state index < -0.39 is 0 Å². The van der Waals surface area contributed by atoms with Crippen LogP contribution in [0.3, 0.4) is 0 Å². The summed E-state index contributed by atoms with van der Waals surface area (Å²) < 4.78 is 5.65. The van der Waals surface area contributed by atoms with Gasteiger partial charge in [-0.1, -0.05) is 37.3 Å². The van der Waals surface area contributed by atoms with E-state index in [2.05, 4.69) is 19.1 Å². The second kappa shape index (κ2) is 8.02. The van der Waals surface area contributed by atoms with Crippen LogP contribution >= 0.6 is 0 Å². The van der Waals surface area contributed by atoms with E-state index in [1.54, 1.807) is 6.92 Å². The summed E-state index contributed by atoms with van der Waals surface area (Å²) in [6.07, 6.45) is 2.74. The number of benzene rings is 1. The zero-order chi connectivity index (χ0) is 12.5. The van der Waals surface area contributed by atoms with Crippen molar-refractivity contribution in [2.24, 2.45) is 5.92 Å². The molecule has 0 aromatic heterocycles. The number of ketones is 1. The van der Waals surface area contributed by atoms with Crippen LogP contribution in [0.1, 0.15) is 38.7 Å². The maximum atomic E-state index is 10.8. The summed E-state index contributed by atoms with van der Waals surface area (Å²) in [6.45, 7) is 5.27. The van der Waals surface area contributed by atoms with Crippen molar-refractivity contribution in [1.29, 1.82) is 0 Å². The Kier molecular flexibility index (Phi) is 6.56. The number of hydrogen-bond donors (Lipinski definition) is 0. The molecule has 1 rings (SSSR count). The molecule has 0 amide bonds. The van der Waals surface area contributed by atoms with Crippen LogP contribution in [-0.2, 0) is 16.1 Å². The van der Waals surface area contributed by atoms with Crippen LogP contribution < -0.4 is 0 Å². The SMILES string of the molecule is CC(=O)CCCC(C)COCc1ccccc1. The Morgan fingerprint density at radius 3 is 2.65 bits per heavy atom. The maximum absolute atomic E-state index is 10.8. The first kappa shape index (κ1) is 13.9. The van der Waals surface area contributed by atoms with E-state index in [4.69, 9.17) is 4.74 Å². The van der Waals surface area contributed by atoms with E-state index in [0.29, 0.717) is 18.9 Å². The van der Waals surface area contributed by atoms with Crippen molar-refractivity contribution < 1.29 is 9.53 Å². The van der Waals surface area contributed by atoms with Gasteiger partial charge in [0.05, 0.1) is 6.61 Å². The van der Waals surface area contributed by atoms with E-state index >= 15 is 0 Å². The monoisotopic (exact) mass is 234 g/mol. The van der Waals surface area contributed by atoms with E-state index in [0.717, 1.165) is 19.4 Å². The van der Waals surface area contributed by atoms with Gasteiger partial charge in [0.25, 0.3) is 0 Å². The zero-order valence-corrected chi connectivity index (χ0v) is 10.8. The van der Waals surface area contributed by atoms with Gasteiger partial charge in [0.2, 0.25) is 0 Å². The minimum atomic E-state index is 0.280. The van der Waals surface area contributed by atoms with Crippen molar-refractivity contribution in [3.63, 3.8) is 0 Å². The van der Waals surface area contributed by atoms with Gasteiger partial charge in [0, 0.05) is 13.0 Å². The Bertz CT molecular complexity index is 319. The summed E-state index contributed by atoms with van der Waals surface area (Å²) in [6, 6.07) is 10.2. The predicted octanol–water partition coefficient (Wildman–Crippen LogP) is 3.60. The molecular weight excluding hydrogens is 212 g/mol. The molecule has 0 aliphatic heterocycles. The molecule has 0 fully saturated rings. The van der Waals surface area contributed by atoms with Crippen LogP contribution in [0.5, 0.6) is 0 Å². The first-order valence-corrected chi connectivity index (χ1v) is 6.29. The molecule has 0 saturated heterocycles. The molecule has 0 radical (unpaired) electrons. The zero-order valence-electron chi connectivity index (χ0n) is 10.8. The second-order valence-electron chi connectivity index (χ2n) is 4.70. The highest BCUT2D eigenvalue weighted by atomic mass is 16.5. The summed E-state index contributed by atoms with van der Waals surface area (Å²) in [7, 11) is 0. The smallest absolute Gasteiger partial charge is 0.129 e. The van der Waals surface area contributed by atoms with Crippen LogP contribution in [0.4, 0.5) is 0 Å². The largest absolute Gasteiger partial charge is 0.376 e. The second-order valence-corrected chi connectivity index (χ2v) is 4.70. The molecule has 94 valence electrons. The van der Waals surface area contributed by atoms with E-state index in [1.165, 1.54) is 5.56 Å². The summed E-state index contributed by atoms with van der Waals surface area (Å²) in [5.74, 6) is 0.806. The van der Waals surface area contributed by atoms with Gasteiger partial charge >= 0.3 is 0 Å². The van der Waals surface area contributed by atoms with Crippen molar-refractivity contribution in [3.8, 4) is 0 Å². The third-order valence-corrected chi connectivity index (χ3v) is 2.74. The molecule has 0 heterocycles. The van der Waals surface area contributed by atoms with Crippen LogP contribution in [0.2, 0.25) is 0 Å². The highest BCUT2D eigenvalue weighted by Gasteiger charge is 2.03. The lowest BCUT2D eigenvalue weighted by Crippen LogP contribution is -2.06. The molecular formula is C15H22O2. The van der Waals surface area contributed by atoms with E-state index in [9.17, 15) is 4.79 Å². The molecule has 0 bridgehead atoms. The minimum absolute atomic E-state index is 0.280. The first-order valence-electron chi connectivity index (χ1n) is 6.29. The number of ether oxygens (including phenoxy) is 1. The minimum Gasteiger partial charge on any atom is -0.376 e. The molecule has 0 saturated carbocycles. The number of hydrogen-bond acceptors (Lipinski definition) is 2. The Hall–Kier alpha value is -1.15. The topological polar surface area (TPSA) is 26.3 Å². The van der Waals surface area contributed by atoms with Crippen molar-refractivity contribution in [1.82, 2.24) is 0 Å². The predicted molar refractivity (Wildman–Crippen MR) is 69.8 cm³/mol. The molecule has 0 N–H and O–H groups in total. The van der Waals surface area contributed by atoms with Gasteiger partial charge < -0.3 is 9.53 Å². The number of Topliss-reactive ketones (excluding diaryl/α,β-unsaturated/α-hetero) is 1. The lowest BCUT2D eigenvalue weighted by Gasteiger charge is -2.11. The molecule has 0 aliphatic carbocycles. The normalized spacial score (nSPS) is 12.4.